The van der Waals surface area contributed by atoms with E-state index in [1.807, 2.05) is 91.0 Å². The lowest BCUT2D eigenvalue weighted by Crippen LogP contribution is -2.75. The number of para-hydroxylation sites is 2. The van der Waals surface area contributed by atoms with E-state index in [4.69, 9.17) is 27.8 Å². The van der Waals surface area contributed by atoms with Gasteiger partial charge >= 0.3 is 13.8 Å². The quantitative estimate of drug-likeness (QED) is 0.0146. The molecule has 6 rings (SSSR count). The minimum atomic E-state index is -5.08. The smallest absolute Gasteiger partial charge is 0.452 e. The highest BCUT2D eigenvalue weighted by molar-refractivity contribution is 7.49. The zero-order chi connectivity index (χ0) is 66.1. The SMILES string of the molecule is CCCCCCCCCCCCCC(=O)OC(CCCCCCCCCCCC)C(=O)N[C@H]1[C@H](O)O[C@H](COC(c2ccccc2)(c2ccccc2)c2ccccc2)[C@@H](OP(=O)(Oc2ccccc2)Oc2ccccc2)[C@@]1(O)C(=O)CCCCCCCCCCCCC. The summed E-state index contributed by atoms with van der Waals surface area (Å²) in [7, 11) is -5.08. The summed E-state index contributed by atoms with van der Waals surface area (Å²) in [4.78, 5) is 45.0. The van der Waals surface area contributed by atoms with Gasteiger partial charge in [0, 0.05) is 12.8 Å². The number of phosphoric acid groups is 1. The molecule has 1 heterocycles. The molecule has 6 atom stereocenters. The van der Waals surface area contributed by atoms with E-state index in [9.17, 15) is 15.0 Å². The molecule has 0 radical (unpaired) electrons. The molecule has 0 spiro atoms. The molecular weight excluding hydrogens is 1190 g/mol. The minimum absolute atomic E-state index is 0.0862. The first-order chi connectivity index (χ1) is 45.5. The Morgan fingerprint density at radius 3 is 1.23 bits per heavy atom. The van der Waals surface area contributed by atoms with Crippen molar-refractivity contribution < 1.29 is 56.9 Å². The van der Waals surface area contributed by atoms with Crippen LogP contribution in [-0.2, 0) is 43.3 Å². The molecule has 93 heavy (non-hydrogen) atoms. The number of unbranched alkanes of at least 4 members (excludes halogenated alkanes) is 29. The van der Waals surface area contributed by atoms with Crippen LogP contribution >= 0.6 is 7.82 Å². The van der Waals surface area contributed by atoms with E-state index < -0.39 is 73.9 Å². The number of rotatable bonds is 51. The fourth-order valence-electron chi connectivity index (χ4n) is 12.8. The maximum atomic E-state index is 15.9. The van der Waals surface area contributed by atoms with Crippen molar-refractivity contribution in [3.8, 4) is 11.5 Å². The highest BCUT2D eigenvalue weighted by atomic mass is 31.2. The molecule has 1 amide bonds. The molecule has 512 valence electrons. The van der Waals surface area contributed by atoms with Crippen molar-refractivity contribution in [3.63, 3.8) is 0 Å². The Morgan fingerprint density at radius 1 is 0.495 bits per heavy atom. The number of Topliss-reactive ketones (excluding diaryl/α,β-unsaturated/α-hetero) is 1. The summed E-state index contributed by atoms with van der Waals surface area (Å²) in [6, 6.07) is 43.4. The second-order valence-corrected chi connectivity index (χ2v) is 27.2. The number of hydrogen-bond acceptors (Lipinski definition) is 12. The number of aliphatic hydroxyl groups excluding tert-OH is 1. The number of ketones is 1. The summed E-state index contributed by atoms with van der Waals surface area (Å²) in [5, 5.41) is 29.6. The summed E-state index contributed by atoms with van der Waals surface area (Å²) < 4.78 is 55.2. The van der Waals surface area contributed by atoms with E-state index in [1.165, 1.54) is 103 Å². The Balaban J connectivity index is 1.37. The van der Waals surface area contributed by atoms with Gasteiger partial charge in [0.05, 0.1) is 6.61 Å². The Labute approximate surface area is 558 Å². The number of carbonyl (C=O) groups excluding carboxylic acids is 3. The van der Waals surface area contributed by atoms with Gasteiger partial charge in [-0.1, -0.05) is 334 Å². The first-order valence-electron chi connectivity index (χ1n) is 36.1. The molecule has 0 saturated carbocycles. The van der Waals surface area contributed by atoms with Crippen molar-refractivity contribution >= 4 is 25.5 Å². The van der Waals surface area contributed by atoms with Gasteiger partial charge in [0.2, 0.25) is 0 Å². The summed E-state index contributed by atoms with van der Waals surface area (Å²) >= 11 is 0. The lowest BCUT2D eigenvalue weighted by atomic mass is 9.77. The number of carbonyl (C=O) groups is 3. The van der Waals surface area contributed by atoms with Crippen LogP contribution in [0.1, 0.15) is 262 Å². The van der Waals surface area contributed by atoms with E-state index >= 15 is 14.2 Å². The number of phosphoric ester groups is 1. The molecule has 1 unspecified atom stereocenters. The zero-order valence-electron chi connectivity index (χ0n) is 56.7. The largest absolute Gasteiger partial charge is 0.588 e. The summed E-state index contributed by atoms with van der Waals surface area (Å²) in [6.07, 6.45) is 26.8. The van der Waals surface area contributed by atoms with Crippen LogP contribution in [0.2, 0.25) is 0 Å². The summed E-state index contributed by atoms with van der Waals surface area (Å²) in [6.45, 7) is 6.15. The van der Waals surface area contributed by atoms with Crippen LogP contribution in [0.5, 0.6) is 11.5 Å². The normalized spacial score (nSPS) is 17.8. The molecule has 13 nitrogen and oxygen atoms in total. The molecule has 0 bridgehead atoms. The Morgan fingerprint density at radius 2 is 0.839 bits per heavy atom. The average molecular weight is 1300 g/mol. The van der Waals surface area contributed by atoms with Crippen molar-refractivity contribution in [1.29, 1.82) is 0 Å². The van der Waals surface area contributed by atoms with E-state index in [-0.39, 0.29) is 30.8 Å². The molecule has 0 aliphatic carbocycles. The number of aliphatic hydroxyl groups is 2. The number of amides is 1. The highest BCUT2D eigenvalue weighted by Crippen LogP contribution is 2.54. The number of esters is 1. The third kappa shape index (κ3) is 26.1. The van der Waals surface area contributed by atoms with E-state index in [0.717, 1.165) is 93.7 Å². The van der Waals surface area contributed by atoms with Gasteiger partial charge in [0.25, 0.3) is 5.91 Å². The molecule has 0 aromatic heterocycles. The van der Waals surface area contributed by atoms with E-state index in [0.29, 0.717) is 25.7 Å². The molecule has 1 aliphatic rings. The predicted molar refractivity (Wildman–Crippen MR) is 373 cm³/mol. The first kappa shape index (κ1) is 76.4. The average Bonchev–Trinajstić information content (AvgIpc) is 0.757. The third-order valence-electron chi connectivity index (χ3n) is 18.1. The first-order valence-corrected chi connectivity index (χ1v) is 37.6. The molecule has 3 N–H and O–H groups in total. The van der Waals surface area contributed by atoms with Gasteiger partial charge in [-0.2, -0.15) is 0 Å². The van der Waals surface area contributed by atoms with Crippen LogP contribution in [0.4, 0.5) is 0 Å². The van der Waals surface area contributed by atoms with Gasteiger partial charge in [-0.15, -0.1) is 0 Å². The van der Waals surface area contributed by atoms with Gasteiger partial charge < -0.3 is 38.8 Å². The second-order valence-electron chi connectivity index (χ2n) is 25.7. The Kier molecular flexibility index (Phi) is 36.3. The van der Waals surface area contributed by atoms with Crippen LogP contribution in [-0.4, -0.2) is 70.7 Å². The van der Waals surface area contributed by atoms with Gasteiger partial charge in [0.15, 0.2) is 23.8 Å². The minimum Gasteiger partial charge on any atom is -0.452 e. The van der Waals surface area contributed by atoms with E-state index in [2.05, 4.69) is 26.1 Å². The van der Waals surface area contributed by atoms with Gasteiger partial charge in [-0.3, -0.25) is 18.9 Å². The number of nitrogens with one attached hydrogen (secondary N) is 1. The lowest BCUT2D eigenvalue weighted by Gasteiger charge is -2.50. The van der Waals surface area contributed by atoms with Crippen molar-refractivity contribution in [1.82, 2.24) is 5.32 Å². The fraction of sp³-hybridized carbons (Fsp3) is 0.582. The molecule has 14 heteroatoms. The topological polar surface area (TPSA) is 176 Å². The van der Waals surface area contributed by atoms with Crippen LogP contribution in [0.3, 0.4) is 0 Å². The Hall–Kier alpha value is -5.66. The van der Waals surface area contributed by atoms with Crippen LogP contribution in [0.25, 0.3) is 0 Å². The maximum absolute atomic E-state index is 15.9. The number of hydrogen-bond donors (Lipinski definition) is 3. The molecule has 1 aliphatic heterocycles. The lowest BCUT2D eigenvalue weighted by molar-refractivity contribution is -0.281. The zero-order valence-corrected chi connectivity index (χ0v) is 57.6. The molecule has 1 saturated heterocycles. The van der Waals surface area contributed by atoms with Crippen LogP contribution < -0.4 is 14.4 Å². The number of benzene rings is 5. The summed E-state index contributed by atoms with van der Waals surface area (Å²) in [5.41, 5.74) is -2.16. The predicted octanol–water partition coefficient (Wildman–Crippen LogP) is 19.8. The summed E-state index contributed by atoms with van der Waals surface area (Å²) in [5.74, 6) is -2.00. The number of ether oxygens (including phenoxy) is 3. The molecule has 5 aromatic carbocycles. The van der Waals surface area contributed by atoms with Crippen molar-refractivity contribution in [2.75, 3.05) is 6.61 Å². The standard InChI is InChI=1S/C79H114NO12P/c1-4-7-10-13-16-19-22-25-28-31-49-62-72(81)78(85)74(80-76(83)70(61-48-30-27-24-21-18-15-12-9-6-3)88-73(82)63-50-32-29-26-23-20-17-14-11-8-5-2)77(84)89-71(75(78)92-93(86,90-68-57-44-36-45-58-68)91-69-59-46-37-47-60-69)64-87-79(65-51-38-33-39-52-65,66-53-40-34-41-54-66)67-55-42-35-43-56-67/h33-47,51-60,70-71,74-75,77,84-85H,4-32,48-50,61-64H2,1-3H3,(H,80,83)/t70?,71-,74+,75-,77-,78-/m1/s1. The van der Waals surface area contributed by atoms with Crippen LogP contribution in [0, 0.1) is 0 Å². The van der Waals surface area contributed by atoms with Crippen molar-refractivity contribution in [2.24, 2.45) is 0 Å². The maximum Gasteiger partial charge on any atom is 0.588 e. The monoisotopic (exact) mass is 1300 g/mol. The van der Waals surface area contributed by atoms with Gasteiger partial charge in [-0.25, -0.2) is 4.57 Å². The fourth-order valence-corrected chi connectivity index (χ4v) is 14.3. The van der Waals surface area contributed by atoms with Crippen molar-refractivity contribution in [3.05, 3.63) is 168 Å². The second kappa shape index (κ2) is 44.2. The van der Waals surface area contributed by atoms with Gasteiger partial charge in [0.1, 0.15) is 35.3 Å². The Bertz CT molecular complexity index is 2670. The highest BCUT2D eigenvalue weighted by Gasteiger charge is 2.64. The van der Waals surface area contributed by atoms with Gasteiger partial charge in [-0.05, 0) is 66.6 Å². The molecule has 5 aromatic rings. The molecule has 1 fully saturated rings. The van der Waals surface area contributed by atoms with Crippen LogP contribution in [0.15, 0.2) is 152 Å². The third-order valence-corrected chi connectivity index (χ3v) is 19.5. The van der Waals surface area contributed by atoms with E-state index in [1.54, 1.807) is 60.7 Å². The van der Waals surface area contributed by atoms with Crippen molar-refractivity contribution in [2.45, 2.75) is 287 Å². The molecular formula is C79H114NO12P.